The molecule has 3 rings (SSSR count). The standard InChI is InChI=1S/C25H34FN3O2S/c1-25(2,3)27-24(31)29(21-8-5-4-6-9-21)18-23(30)28(17-22-10-7-15-32-22)16-19-11-13-20(26)14-12-19/h7,10-15,21H,4-6,8-9,16-18H2,1-3H3,(H,27,31). The van der Waals surface area contributed by atoms with Gasteiger partial charge in [-0.15, -0.1) is 11.3 Å². The Bertz CT molecular complexity index is 872. The summed E-state index contributed by atoms with van der Waals surface area (Å²) >= 11 is 1.60. The minimum Gasteiger partial charge on any atom is -0.333 e. The average molecular weight is 460 g/mol. The molecule has 0 radical (unpaired) electrons. The largest absolute Gasteiger partial charge is 0.333 e. The molecule has 0 saturated heterocycles. The molecule has 0 spiro atoms. The number of nitrogens with zero attached hydrogens (tertiary/aromatic N) is 2. The van der Waals surface area contributed by atoms with Crippen molar-refractivity contribution in [2.75, 3.05) is 6.54 Å². The van der Waals surface area contributed by atoms with Crippen LogP contribution in [0.2, 0.25) is 0 Å². The van der Waals surface area contributed by atoms with E-state index >= 15 is 0 Å². The number of urea groups is 1. The molecular weight excluding hydrogens is 425 g/mol. The lowest BCUT2D eigenvalue weighted by molar-refractivity contribution is -0.133. The molecule has 0 aliphatic heterocycles. The highest BCUT2D eigenvalue weighted by molar-refractivity contribution is 7.09. The monoisotopic (exact) mass is 459 g/mol. The predicted octanol–water partition coefficient (Wildman–Crippen LogP) is 5.56. The molecule has 1 saturated carbocycles. The van der Waals surface area contributed by atoms with Crippen LogP contribution in [-0.4, -0.2) is 39.9 Å². The van der Waals surface area contributed by atoms with Gasteiger partial charge in [-0.3, -0.25) is 4.79 Å². The quantitative estimate of drug-likeness (QED) is 0.589. The molecule has 1 aliphatic rings. The summed E-state index contributed by atoms with van der Waals surface area (Å²) in [7, 11) is 0. The number of hydrogen-bond donors (Lipinski definition) is 1. The third kappa shape index (κ3) is 7.33. The molecule has 5 nitrogen and oxygen atoms in total. The maximum atomic E-state index is 13.5. The highest BCUT2D eigenvalue weighted by Gasteiger charge is 2.31. The van der Waals surface area contributed by atoms with Gasteiger partial charge >= 0.3 is 6.03 Å². The van der Waals surface area contributed by atoms with E-state index in [1.54, 1.807) is 33.3 Å². The van der Waals surface area contributed by atoms with Crippen molar-refractivity contribution in [3.05, 3.63) is 58.0 Å². The molecule has 1 aromatic carbocycles. The zero-order valence-electron chi connectivity index (χ0n) is 19.3. The number of amides is 3. The van der Waals surface area contributed by atoms with Crippen LogP contribution < -0.4 is 5.32 Å². The van der Waals surface area contributed by atoms with Crippen LogP contribution in [0.25, 0.3) is 0 Å². The number of carbonyl (C=O) groups is 2. The third-order valence-electron chi connectivity index (χ3n) is 5.63. The summed E-state index contributed by atoms with van der Waals surface area (Å²) in [5, 5.41) is 5.03. The van der Waals surface area contributed by atoms with Gasteiger partial charge in [0.15, 0.2) is 0 Å². The summed E-state index contributed by atoms with van der Waals surface area (Å²) < 4.78 is 13.4. The van der Waals surface area contributed by atoms with Crippen molar-refractivity contribution in [3.8, 4) is 0 Å². The molecular formula is C25H34FN3O2S. The summed E-state index contributed by atoms with van der Waals surface area (Å²) in [5.74, 6) is -0.399. The Balaban J connectivity index is 1.79. The van der Waals surface area contributed by atoms with E-state index in [1.165, 1.54) is 18.6 Å². The zero-order valence-corrected chi connectivity index (χ0v) is 20.1. The van der Waals surface area contributed by atoms with Crippen molar-refractivity contribution in [3.63, 3.8) is 0 Å². The molecule has 0 bridgehead atoms. The number of rotatable bonds is 7. The third-order valence-corrected chi connectivity index (χ3v) is 6.49. The Morgan fingerprint density at radius 1 is 1.06 bits per heavy atom. The molecule has 1 heterocycles. The number of carbonyl (C=O) groups excluding carboxylic acids is 2. The van der Waals surface area contributed by atoms with Crippen molar-refractivity contribution in [2.45, 2.75) is 77.5 Å². The van der Waals surface area contributed by atoms with Gasteiger partial charge in [0, 0.05) is 23.0 Å². The maximum absolute atomic E-state index is 13.5. The van der Waals surface area contributed by atoms with E-state index in [1.807, 2.05) is 38.3 Å². The van der Waals surface area contributed by atoms with Crippen LogP contribution in [0.4, 0.5) is 9.18 Å². The number of thiophene rings is 1. The lowest BCUT2D eigenvalue weighted by Crippen LogP contribution is -2.55. The number of nitrogens with one attached hydrogen (secondary N) is 1. The second-order valence-corrected chi connectivity index (χ2v) is 10.6. The van der Waals surface area contributed by atoms with Crippen LogP contribution in [0.15, 0.2) is 41.8 Å². The van der Waals surface area contributed by atoms with Crippen LogP contribution >= 0.6 is 11.3 Å². The second kappa shape index (κ2) is 10.9. The van der Waals surface area contributed by atoms with Crippen LogP contribution in [-0.2, 0) is 17.9 Å². The van der Waals surface area contributed by atoms with E-state index in [0.29, 0.717) is 13.1 Å². The zero-order chi connectivity index (χ0) is 23.1. The lowest BCUT2D eigenvalue weighted by Gasteiger charge is -2.37. The summed E-state index contributed by atoms with van der Waals surface area (Å²) in [6.45, 7) is 6.72. The Morgan fingerprint density at radius 3 is 2.34 bits per heavy atom. The topological polar surface area (TPSA) is 52.7 Å². The van der Waals surface area contributed by atoms with Gasteiger partial charge in [0.2, 0.25) is 5.91 Å². The van der Waals surface area contributed by atoms with Crippen molar-refractivity contribution >= 4 is 23.3 Å². The second-order valence-electron chi connectivity index (χ2n) is 9.56. The van der Waals surface area contributed by atoms with Gasteiger partial charge in [0.1, 0.15) is 12.4 Å². The molecule has 174 valence electrons. The van der Waals surface area contributed by atoms with Crippen molar-refractivity contribution in [2.24, 2.45) is 0 Å². The first-order valence-corrected chi connectivity index (χ1v) is 12.2. The average Bonchev–Trinajstić information content (AvgIpc) is 3.25. The fourth-order valence-electron chi connectivity index (χ4n) is 4.03. The van der Waals surface area contributed by atoms with Crippen LogP contribution in [0, 0.1) is 5.82 Å². The van der Waals surface area contributed by atoms with E-state index in [0.717, 1.165) is 36.1 Å². The first-order chi connectivity index (χ1) is 15.2. The molecule has 1 N–H and O–H groups in total. The Labute approximate surface area is 194 Å². The first-order valence-electron chi connectivity index (χ1n) is 11.3. The highest BCUT2D eigenvalue weighted by atomic mass is 32.1. The number of halogens is 1. The molecule has 2 aromatic rings. The van der Waals surface area contributed by atoms with Crippen molar-refractivity contribution in [1.29, 1.82) is 0 Å². The molecule has 1 aromatic heterocycles. The maximum Gasteiger partial charge on any atom is 0.318 e. The van der Waals surface area contributed by atoms with Gasteiger partial charge in [0.05, 0.1) is 6.54 Å². The van der Waals surface area contributed by atoms with Gasteiger partial charge < -0.3 is 15.1 Å². The minimum atomic E-state index is -0.377. The van der Waals surface area contributed by atoms with E-state index in [9.17, 15) is 14.0 Å². The van der Waals surface area contributed by atoms with Crippen molar-refractivity contribution in [1.82, 2.24) is 15.1 Å². The van der Waals surface area contributed by atoms with Gasteiger partial charge in [0.25, 0.3) is 0 Å². The molecule has 1 fully saturated rings. The molecule has 7 heteroatoms. The van der Waals surface area contributed by atoms with Gasteiger partial charge in [-0.25, -0.2) is 9.18 Å². The SMILES string of the molecule is CC(C)(C)NC(=O)N(CC(=O)N(Cc1ccc(F)cc1)Cc1cccs1)C1CCCCC1. The van der Waals surface area contributed by atoms with E-state index in [4.69, 9.17) is 0 Å². The Hall–Kier alpha value is -2.41. The molecule has 0 unspecified atom stereocenters. The minimum absolute atomic E-state index is 0.0408. The van der Waals surface area contributed by atoms with E-state index < -0.39 is 0 Å². The van der Waals surface area contributed by atoms with Gasteiger partial charge in [-0.2, -0.15) is 0 Å². The van der Waals surface area contributed by atoms with Crippen molar-refractivity contribution < 1.29 is 14.0 Å². The summed E-state index contributed by atoms with van der Waals surface area (Å²) in [4.78, 5) is 31.2. The van der Waals surface area contributed by atoms with Gasteiger partial charge in [-0.05, 0) is 62.8 Å². The van der Waals surface area contributed by atoms with Crippen LogP contribution in [0.5, 0.6) is 0 Å². The summed E-state index contributed by atoms with van der Waals surface area (Å²) in [6, 6.07) is 10.1. The first kappa shape index (κ1) is 24.2. The lowest BCUT2D eigenvalue weighted by atomic mass is 9.94. The normalized spacial score (nSPS) is 14.8. The fourth-order valence-corrected chi connectivity index (χ4v) is 4.75. The predicted molar refractivity (Wildman–Crippen MR) is 127 cm³/mol. The Kier molecular flexibility index (Phi) is 8.29. The van der Waals surface area contributed by atoms with Gasteiger partial charge in [-0.1, -0.05) is 37.5 Å². The molecule has 1 aliphatic carbocycles. The summed E-state index contributed by atoms with van der Waals surface area (Å²) in [5.41, 5.74) is 0.484. The number of hydrogen-bond acceptors (Lipinski definition) is 3. The van der Waals surface area contributed by atoms with Crippen LogP contribution in [0.3, 0.4) is 0 Å². The van der Waals surface area contributed by atoms with E-state index in [-0.39, 0.29) is 35.9 Å². The molecule has 3 amide bonds. The van der Waals surface area contributed by atoms with Crippen LogP contribution in [0.1, 0.15) is 63.3 Å². The number of benzene rings is 1. The highest BCUT2D eigenvalue weighted by Crippen LogP contribution is 2.24. The fraction of sp³-hybridized carbons (Fsp3) is 0.520. The van der Waals surface area contributed by atoms with E-state index in [2.05, 4.69) is 5.32 Å². The smallest absolute Gasteiger partial charge is 0.318 e. The molecule has 32 heavy (non-hydrogen) atoms. The molecule has 0 atom stereocenters. The Morgan fingerprint density at radius 2 is 1.75 bits per heavy atom. The summed E-state index contributed by atoms with van der Waals surface area (Å²) in [6.07, 6.45) is 5.18.